The van der Waals surface area contributed by atoms with Crippen molar-refractivity contribution >= 4 is 45.2 Å². The van der Waals surface area contributed by atoms with Crippen LogP contribution in [-0.2, 0) is 0 Å². The van der Waals surface area contributed by atoms with Crippen molar-refractivity contribution < 1.29 is 5.11 Å². The molecular formula is C14H11ClN4OS. The zero-order valence-electron chi connectivity index (χ0n) is 11.0. The van der Waals surface area contributed by atoms with E-state index in [1.165, 1.54) is 12.4 Å². The van der Waals surface area contributed by atoms with Crippen molar-refractivity contribution in [3.05, 3.63) is 46.1 Å². The average molecular weight is 319 g/mol. The zero-order valence-corrected chi connectivity index (χ0v) is 12.6. The van der Waals surface area contributed by atoms with Gasteiger partial charge in [-0.15, -0.1) is 11.3 Å². The van der Waals surface area contributed by atoms with Crippen LogP contribution in [0.2, 0.25) is 5.02 Å². The van der Waals surface area contributed by atoms with Crippen LogP contribution in [0.4, 0.5) is 5.82 Å². The van der Waals surface area contributed by atoms with E-state index in [-0.39, 0.29) is 10.8 Å². The van der Waals surface area contributed by atoms with Gasteiger partial charge in [0.05, 0.1) is 21.5 Å². The molecule has 0 amide bonds. The maximum absolute atomic E-state index is 9.36. The van der Waals surface area contributed by atoms with E-state index in [2.05, 4.69) is 20.5 Å². The van der Waals surface area contributed by atoms with Gasteiger partial charge < -0.3 is 5.11 Å². The number of aromatic nitrogens is 2. The third-order valence-electron chi connectivity index (χ3n) is 2.89. The molecule has 106 valence electrons. The van der Waals surface area contributed by atoms with E-state index in [4.69, 9.17) is 11.6 Å². The normalized spacial score (nSPS) is 11.3. The minimum atomic E-state index is 0.0494. The molecule has 2 N–H and O–H groups in total. The number of aromatic hydroxyl groups is 1. The molecule has 0 aliphatic rings. The third-order valence-corrected chi connectivity index (χ3v) is 4.28. The number of hydrogen-bond donors (Lipinski definition) is 2. The maximum atomic E-state index is 9.36. The summed E-state index contributed by atoms with van der Waals surface area (Å²) in [7, 11) is 0. The number of aryl methyl sites for hydroxylation is 1. The molecule has 7 heteroatoms. The highest BCUT2D eigenvalue weighted by Crippen LogP contribution is 2.28. The number of nitrogens with one attached hydrogen (secondary N) is 1. The van der Waals surface area contributed by atoms with Gasteiger partial charge in [-0.05, 0) is 41.6 Å². The number of thiophene rings is 1. The molecule has 5 nitrogen and oxygen atoms in total. The molecule has 3 aromatic rings. The number of halogens is 1. The van der Waals surface area contributed by atoms with Gasteiger partial charge in [-0.2, -0.15) is 5.10 Å². The number of phenols is 1. The maximum Gasteiger partial charge on any atom is 0.167 e. The van der Waals surface area contributed by atoms with Crippen molar-refractivity contribution in [1.82, 2.24) is 9.97 Å². The summed E-state index contributed by atoms with van der Waals surface area (Å²) in [6, 6.07) is 4.87. The molecule has 2 aromatic heterocycles. The highest BCUT2D eigenvalue weighted by atomic mass is 35.5. The standard InChI is InChI=1S/C14H11ClN4OS/c1-8-6-21-13-12(8)16-7-17-14(13)19-18-5-9-2-3-11(20)10(15)4-9/h2-7,20H,1H3,(H,16,17,19). The van der Waals surface area contributed by atoms with E-state index in [0.29, 0.717) is 5.82 Å². The number of benzene rings is 1. The van der Waals surface area contributed by atoms with Crippen LogP contribution in [0, 0.1) is 6.92 Å². The van der Waals surface area contributed by atoms with Crippen LogP contribution in [0.25, 0.3) is 10.2 Å². The summed E-state index contributed by atoms with van der Waals surface area (Å²) in [4.78, 5) is 8.44. The molecule has 0 unspecified atom stereocenters. The van der Waals surface area contributed by atoms with Gasteiger partial charge >= 0.3 is 0 Å². The molecule has 0 radical (unpaired) electrons. The number of anilines is 1. The molecule has 0 saturated heterocycles. The molecule has 0 atom stereocenters. The summed E-state index contributed by atoms with van der Waals surface area (Å²) in [5, 5.41) is 15.8. The van der Waals surface area contributed by atoms with E-state index < -0.39 is 0 Å². The molecule has 0 saturated carbocycles. The van der Waals surface area contributed by atoms with Crippen molar-refractivity contribution in [3.63, 3.8) is 0 Å². The van der Waals surface area contributed by atoms with Gasteiger partial charge in [0, 0.05) is 0 Å². The van der Waals surface area contributed by atoms with Gasteiger partial charge in [0.25, 0.3) is 0 Å². The summed E-state index contributed by atoms with van der Waals surface area (Å²) >= 11 is 7.42. The van der Waals surface area contributed by atoms with Gasteiger partial charge in [-0.1, -0.05) is 11.6 Å². The summed E-state index contributed by atoms with van der Waals surface area (Å²) in [5.41, 5.74) is 5.73. The summed E-state index contributed by atoms with van der Waals surface area (Å²) < 4.78 is 0.968. The number of rotatable bonds is 3. The summed E-state index contributed by atoms with van der Waals surface area (Å²) in [5.74, 6) is 0.715. The minimum Gasteiger partial charge on any atom is -0.506 e. The fourth-order valence-corrected chi connectivity index (χ4v) is 2.95. The Hall–Kier alpha value is -2.18. The minimum absolute atomic E-state index is 0.0494. The lowest BCUT2D eigenvalue weighted by Crippen LogP contribution is -1.94. The van der Waals surface area contributed by atoms with Gasteiger partial charge in [-0.25, -0.2) is 9.97 Å². The van der Waals surface area contributed by atoms with Crippen LogP contribution in [0.5, 0.6) is 5.75 Å². The van der Waals surface area contributed by atoms with E-state index in [9.17, 15) is 5.11 Å². The molecule has 0 bridgehead atoms. The molecule has 2 heterocycles. The van der Waals surface area contributed by atoms with Gasteiger partial charge in [0.2, 0.25) is 0 Å². The molecule has 3 rings (SSSR count). The van der Waals surface area contributed by atoms with Crippen LogP contribution in [0.15, 0.2) is 35.0 Å². The molecule has 0 aliphatic carbocycles. The smallest absolute Gasteiger partial charge is 0.167 e. The van der Waals surface area contributed by atoms with E-state index in [1.54, 1.807) is 29.7 Å². The molecule has 0 fully saturated rings. The third kappa shape index (κ3) is 2.81. The Labute approximate surface area is 129 Å². The van der Waals surface area contributed by atoms with Crippen molar-refractivity contribution in [2.24, 2.45) is 5.10 Å². The quantitative estimate of drug-likeness (QED) is 0.569. The monoisotopic (exact) mass is 318 g/mol. The summed E-state index contributed by atoms with van der Waals surface area (Å²) in [6.45, 7) is 2.01. The molecular weight excluding hydrogens is 308 g/mol. The number of hydrazone groups is 1. The lowest BCUT2D eigenvalue weighted by molar-refractivity contribution is 0.475. The first-order valence-corrected chi connectivity index (χ1v) is 7.37. The predicted molar refractivity (Wildman–Crippen MR) is 86.5 cm³/mol. The SMILES string of the molecule is Cc1csc2c(NN=Cc3ccc(O)c(Cl)c3)ncnc12. The second kappa shape index (κ2) is 5.67. The first kappa shape index (κ1) is 13.8. The Morgan fingerprint density at radius 2 is 2.24 bits per heavy atom. The molecule has 21 heavy (non-hydrogen) atoms. The van der Waals surface area contributed by atoms with E-state index >= 15 is 0 Å². The Morgan fingerprint density at radius 1 is 1.38 bits per heavy atom. The number of hydrogen-bond acceptors (Lipinski definition) is 6. The lowest BCUT2D eigenvalue weighted by atomic mass is 10.2. The summed E-state index contributed by atoms with van der Waals surface area (Å²) in [6.07, 6.45) is 3.12. The van der Waals surface area contributed by atoms with Gasteiger partial charge in [0.15, 0.2) is 5.82 Å². The molecule has 0 aliphatic heterocycles. The van der Waals surface area contributed by atoms with Gasteiger partial charge in [-0.3, -0.25) is 5.43 Å². The number of nitrogens with zero attached hydrogens (tertiary/aromatic N) is 3. The van der Waals surface area contributed by atoms with Crippen molar-refractivity contribution in [2.45, 2.75) is 6.92 Å². The van der Waals surface area contributed by atoms with Crippen LogP contribution in [0.3, 0.4) is 0 Å². The Morgan fingerprint density at radius 3 is 3.05 bits per heavy atom. The van der Waals surface area contributed by atoms with Crippen LogP contribution in [0.1, 0.15) is 11.1 Å². The highest BCUT2D eigenvalue weighted by Gasteiger charge is 2.06. The fourth-order valence-electron chi connectivity index (χ4n) is 1.82. The van der Waals surface area contributed by atoms with Gasteiger partial charge in [0.1, 0.15) is 12.1 Å². The van der Waals surface area contributed by atoms with Crippen molar-refractivity contribution in [2.75, 3.05) is 5.43 Å². The van der Waals surface area contributed by atoms with E-state index in [1.807, 2.05) is 12.3 Å². The largest absolute Gasteiger partial charge is 0.506 e. The highest BCUT2D eigenvalue weighted by molar-refractivity contribution is 7.18. The first-order valence-electron chi connectivity index (χ1n) is 6.11. The topological polar surface area (TPSA) is 70.4 Å². The van der Waals surface area contributed by atoms with Crippen molar-refractivity contribution in [3.8, 4) is 5.75 Å². The zero-order chi connectivity index (χ0) is 14.8. The predicted octanol–water partition coefficient (Wildman–Crippen LogP) is 3.80. The molecule has 0 spiro atoms. The number of phenolic OH excluding ortho intramolecular Hbond substituents is 1. The Balaban J connectivity index is 1.82. The second-order valence-electron chi connectivity index (χ2n) is 4.40. The van der Waals surface area contributed by atoms with Crippen LogP contribution in [-0.4, -0.2) is 21.3 Å². The van der Waals surface area contributed by atoms with E-state index in [0.717, 1.165) is 21.3 Å². The van der Waals surface area contributed by atoms with Crippen LogP contribution >= 0.6 is 22.9 Å². The number of fused-ring (bicyclic) bond motifs is 1. The Bertz CT molecular complexity index is 831. The Kier molecular flexibility index (Phi) is 3.72. The van der Waals surface area contributed by atoms with Crippen molar-refractivity contribution in [1.29, 1.82) is 0 Å². The lowest BCUT2D eigenvalue weighted by Gasteiger charge is -2.01. The second-order valence-corrected chi connectivity index (χ2v) is 5.69. The van der Waals surface area contributed by atoms with Crippen LogP contribution < -0.4 is 5.43 Å². The fraction of sp³-hybridized carbons (Fsp3) is 0.0714. The average Bonchev–Trinajstić information content (AvgIpc) is 2.86. The molecule has 1 aromatic carbocycles. The first-order chi connectivity index (χ1) is 10.1.